The fourth-order valence-electron chi connectivity index (χ4n) is 4.37. The van der Waals surface area contributed by atoms with E-state index in [2.05, 4.69) is 4.90 Å². The average Bonchev–Trinajstić information content (AvgIpc) is 3.08. The molecule has 3 heteroatoms. The highest BCUT2D eigenvalue weighted by molar-refractivity contribution is 5.79. The monoisotopic (exact) mass is 250 g/mol. The average molecular weight is 250 g/mol. The molecule has 0 aromatic rings. The number of hydrogen-bond donors (Lipinski definition) is 1. The van der Waals surface area contributed by atoms with Gasteiger partial charge in [-0.2, -0.15) is 0 Å². The van der Waals surface area contributed by atoms with Gasteiger partial charge in [0.05, 0.1) is 0 Å². The zero-order chi connectivity index (χ0) is 12.5. The predicted molar refractivity (Wildman–Crippen MR) is 72.0 cm³/mol. The first-order valence-electron chi connectivity index (χ1n) is 7.82. The first-order chi connectivity index (χ1) is 8.75. The summed E-state index contributed by atoms with van der Waals surface area (Å²) in [6.07, 6.45) is 10.9. The highest BCUT2D eigenvalue weighted by Gasteiger charge is 2.39. The SMILES string of the molecule is N[C@@H]1CC[C@@H](C(=O)N2CCC[C@@H]2C2CCCC2)C1. The lowest BCUT2D eigenvalue weighted by molar-refractivity contribution is -0.137. The molecular weight excluding hydrogens is 224 g/mol. The minimum atomic E-state index is 0.238. The Balaban J connectivity index is 1.64. The molecule has 1 aliphatic heterocycles. The first-order valence-corrected chi connectivity index (χ1v) is 7.82. The number of likely N-dealkylation sites (tertiary alicyclic amines) is 1. The molecule has 0 radical (unpaired) electrons. The van der Waals surface area contributed by atoms with E-state index in [-0.39, 0.29) is 12.0 Å². The molecule has 2 N–H and O–H groups in total. The molecule has 2 aliphatic carbocycles. The molecule has 1 amide bonds. The topological polar surface area (TPSA) is 46.3 Å². The fourth-order valence-corrected chi connectivity index (χ4v) is 4.37. The molecule has 1 saturated heterocycles. The zero-order valence-electron chi connectivity index (χ0n) is 11.3. The molecule has 0 bridgehead atoms. The van der Waals surface area contributed by atoms with Gasteiger partial charge in [-0.3, -0.25) is 4.79 Å². The molecule has 0 aromatic carbocycles. The maximum Gasteiger partial charge on any atom is 0.225 e. The van der Waals surface area contributed by atoms with E-state index in [0.717, 1.165) is 31.7 Å². The van der Waals surface area contributed by atoms with E-state index in [1.165, 1.54) is 38.5 Å². The van der Waals surface area contributed by atoms with Crippen molar-refractivity contribution in [1.29, 1.82) is 0 Å². The zero-order valence-corrected chi connectivity index (χ0v) is 11.3. The van der Waals surface area contributed by atoms with Gasteiger partial charge >= 0.3 is 0 Å². The predicted octanol–water partition coefficient (Wildman–Crippen LogP) is 2.29. The van der Waals surface area contributed by atoms with Gasteiger partial charge in [0, 0.05) is 24.5 Å². The van der Waals surface area contributed by atoms with Crippen molar-refractivity contribution in [3.05, 3.63) is 0 Å². The molecule has 3 aliphatic rings. The molecular formula is C15H26N2O. The van der Waals surface area contributed by atoms with Crippen LogP contribution in [0.4, 0.5) is 0 Å². The summed E-state index contributed by atoms with van der Waals surface area (Å²) in [5, 5.41) is 0. The number of nitrogens with zero attached hydrogens (tertiary/aromatic N) is 1. The summed E-state index contributed by atoms with van der Waals surface area (Å²) in [5.74, 6) is 1.46. The van der Waals surface area contributed by atoms with Crippen LogP contribution in [-0.2, 0) is 4.79 Å². The van der Waals surface area contributed by atoms with Gasteiger partial charge in [0.2, 0.25) is 5.91 Å². The number of carbonyl (C=O) groups is 1. The van der Waals surface area contributed by atoms with Gasteiger partial charge in [0.25, 0.3) is 0 Å². The molecule has 1 heterocycles. The van der Waals surface area contributed by atoms with Crippen molar-refractivity contribution in [2.24, 2.45) is 17.6 Å². The molecule has 3 nitrogen and oxygen atoms in total. The third-order valence-corrected chi connectivity index (χ3v) is 5.35. The van der Waals surface area contributed by atoms with Crippen molar-refractivity contribution in [2.45, 2.75) is 69.9 Å². The molecule has 2 saturated carbocycles. The summed E-state index contributed by atoms with van der Waals surface area (Å²) >= 11 is 0. The first kappa shape index (κ1) is 12.5. The normalized spacial score (nSPS) is 37.6. The largest absolute Gasteiger partial charge is 0.339 e. The van der Waals surface area contributed by atoms with Crippen LogP contribution in [0.5, 0.6) is 0 Å². The van der Waals surface area contributed by atoms with Gasteiger partial charge in [-0.05, 0) is 50.9 Å². The van der Waals surface area contributed by atoms with Gasteiger partial charge in [-0.1, -0.05) is 12.8 Å². The lowest BCUT2D eigenvalue weighted by Gasteiger charge is -2.31. The van der Waals surface area contributed by atoms with Gasteiger partial charge in [-0.15, -0.1) is 0 Å². The molecule has 102 valence electrons. The van der Waals surface area contributed by atoms with Crippen molar-refractivity contribution in [3.63, 3.8) is 0 Å². The van der Waals surface area contributed by atoms with Crippen LogP contribution in [0, 0.1) is 11.8 Å². The fraction of sp³-hybridized carbons (Fsp3) is 0.933. The van der Waals surface area contributed by atoms with Crippen LogP contribution < -0.4 is 5.73 Å². The Kier molecular flexibility index (Phi) is 3.60. The number of nitrogens with two attached hydrogens (primary N) is 1. The van der Waals surface area contributed by atoms with E-state index in [1.807, 2.05) is 0 Å². The Labute approximate surface area is 110 Å². The van der Waals surface area contributed by atoms with Crippen molar-refractivity contribution in [2.75, 3.05) is 6.54 Å². The molecule has 3 atom stereocenters. The van der Waals surface area contributed by atoms with Gasteiger partial charge in [-0.25, -0.2) is 0 Å². The highest BCUT2D eigenvalue weighted by atomic mass is 16.2. The van der Waals surface area contributed by atoms with Crippen molar-refractivity contribution >= 4 is 5.91 Å². The van der Waals surface area contributed by atoms with Gasteiger partial charge in [0.1, 0.15) is 0 Å². The third kappa shape index (κ3) is 2.29. The molecule has 0 spiro atoms. The lowest BCUT2D eigenvalue weighted by atomic mass is 9.95. The summed E-state index contributed by atoms with van der Waals surface area (Å²) in [6.45, 7) is 1.01. The Morgan fingerprint density at radius 3 is 2.44 bits per heavy atom. The van der Waals surface area contributed by atoms with Crippen LogP contribution in [0.3, 0.4) is 0 Å². The highest BCUT2D eigenvalue weighted by Crippen LogP contribution is 2.37. The smallest absolute Gasteiger partial charge is 0.225 e. The number of amides is 1. The van der Waals surface area contributed by atoms with Crippen LogP contribution in [0.25, 0.3) is 0 Å². The molecule has 3 rings (SSSR count). The Morgan fingerprint density at radius 2 is 1.78 bits per heavy atom. The van der Waals surface area contributed by atoms with Crippen LogP contribution in [0.1, 0.15) is 57.8 Å². The molecule has 3 fully saturated rings. The minimum Gasteiger partial charge on any atom is -0.339 e. The second kappa shape index (κ2) is 5.20. The van der Waals surface area contributed by atoms with E-state index in [9.17, 15) is 4.79 Å². The van der Waals surface area contributed by atoms with Crippen molar-refractivity contribution in [1.82, 2.24) is 4.90 Å². The standard InChI is InChI=1S/C15H26N2O/c16-13-8-7-12(10-13)15(18)17-9-3-6-14(17)11-4-1-2-5-11/h11-14H,1-10,16H2/t12-,13-,14-/m1/s1. The maximum absolute atomic E-state index is 12.6. The van der Waals surface area contributed by atoms with Crippen LogP contribution in [0.2, 0.25) is 0 Å². The van der Waals surface area contributed by atoms with E-state index in [0.29, 0.717) is 11.9 Å². The quantitative estimate of drug-likeness (QED) is 0.817. The molecule has 0 unspecified atom stereocenters. The Bertz CT molecular complexity index is 312. The van der Waals surface area contributed by atoms with E-state index >= 15 is 0 Å². The van der Waals surface area contributed by atoms with Crippen molar-refractivity contribution in [3.8, 4) is 0 Å². The van der Waals surface area contributed by atoms with E-state index in [1.54, 1.807) is 0 Å². The van der Waals surface area contributed by atoms with Gasteiger partial charge < -0.3 is 10.6 Å². The molecule has 18 heavy (non-hydrogen) atoms. The van der Waals surface area contributed by atoms with Crippen LogP contribution in [-0.4, -0.2) is 29.4 Å². The lowest BCUT2D eigenvalue weighted by Crippen LogP contribution is -2.42. The summed E-state index contributed by atoms with van der Waals surface area (Å²) in [6, 6.07) is 0.836. The Morgan fingerprint density at radius 1 is 1.00 bits per heavy atom. The van der Waals surface area contributed by atoms with E-state index in [4.69, 9.17) is 5.73 Å². The second-order valence-electron chi connectivity index (χ2n) is 6.56. The number of carbonyl (C=O) groups excluding carboxylic acids is 1. The van der Waals surface area contributed by atoms with Gasteiger partial charge in [0.15, 0.2) is 0 Å². The number of rotatable bonds is 2. The second-order valence-corrected chi connectivity index (χ2v) is 6.56. The molecule has 0 aromatic heterocycles. The summed E-state index contributed by atoms with van der Waals surface area (Å²) in [5.41, 5.74) is 5.95. The summed E-state index contributed by atoms with van der Waals surface area (Å²) < 4.78 is 0. The number of hydrogen-bond acceptors (Lipinski definition) is 2. The van der Waals surface area contributed by atoms with Crippen LogP contribution in [0.15, 0.2) is 0 Å². The summed E-state index contributed by atoms with van der Waals surface area (Å²) in [7, 11) is 0. The van der Waals surface area contributed by atoms with E-state index < -0.39 is 0 Å². The van der Waals surface area contributed by atoms with Crippen molar-refractivity contribution < 1.29 is 4.79 Å². The van der Waals surface area contributed by atoms with Crippen LogP contribution >= 0.6 is 0 Å². The summed E-state index contributed by atoms with van der Waals surface area (Å²) in [4.78, 5) is 14.9. The maximum atomic E-state index is 12.6. The third-order valence-electron chi connectivity index (χ3n) is 5.35. The Hall–Kier alpha value is -0.570. The minimum absolute atomic E-state index is 0.238.